The van der Waals surface area contributed by atoms with E-state index in [0.717, 1.165) is 5.56 Å². The number of nitrogens with zero attached hydrogens (tertiary/aromatic N) is 4. The number of urea groups is 1. The number of carbonyl (C=O) groups is 4. The lowest BCUT2D eigenvalue weighted by atomic mass is 10.1. The summed E-state index contributed by atoms with van der Waals surface area (Å²) >= 11 is 0. The Morgan fingerprint density at radius 2 is 1.88 bits per heavy atom. The van der Waals surface area contributed by atoms with Gasteiger partial charge in [0.1, 0.15) is 18.5 Å². The number of nitrogens with one attached hydrogen (secondary N) is 1. The van der Waals surface area contributed by atoms with Crippen molar-refractivity contribution in [3.63, 3.8) is 0 Å². The molecule has 2 N–H and O–H groups in total. The average Bonchev–Trinajstić information content (AvgIpc) is 2.82. The number of hydrogen-bond donors (Lipinski definition) is 2. The number of methoxy groups -OCH3 is 2. The van der Waals surface area contributed by atoms with Crippen LogP contribution in [-0.2, 0) is 25.7 Å². The van der Waals surface area contributed by atoms with Crippen LogP contribution in [0.2, 0.25) is 0 Å². The number of aliphatic carboxylic acids is 1. The Labute approximate surface area is 198 Å². The molecule has 1 aliphatic heterocycles. The molecule has 34 heavy (non-hydrogen) atoms. The third-order valence-corrected chi connectivity index (χ3v) is 5.52. The van der Waals surface area contributed by atoms with Crippen LogP contribution in [0.25, 0.3) is 0 Å². The van der Waals surface area contributed by atoms with Gasteiger partial charge in [-0.2, -0.15) is 0 Å². The molecule has 12 heteroatoms. The molecule has 1 unspecified atom stereocenters. The van der Waals surface area contributed by atoms with Gasteiger partial charge in [0.25, 0.3) is 0 Å². The highest BCUT2D eigenvalue weighted by Gasteiger charge is 2.39. The van der Waals surface area contributed by atoms with E-state index in [9.17, 15) is 19.2 Å². The van der Waals surface area contributed by atoms with Crippen LogP contribution in [-0.4, -0.2) is 109 Å². The molecular formula is C22H33N5O7. The number of carboxylic acids is 1. The van der Waals surface area contributed by atoms with Crippen LogP contribution in [0.5, 0.6) is 5.75 Å². The van der Waals surface area contributed by atoms with Gasteiger partial charge in [-0.1, -0.05) is 12.1 Å². The van der Waals surface area contributed by atoms with Crippen molar-refractivity contribution in [1.29, 1.82) is 0 Å². The second-order valence-electron chi connectivity index (χ2n) is 7.93. The Morgan fingerprint density at radius 3 is 2.47 bits per heavy atom. The second-order valence-corrected chi connectivity index (χ2v) is 7.93. The highest BCUT2D eigenvalue weighted by atomic mass is 16.5. The standard InChI is InChI=1S/C22H33N5O7/c1-24(11-12-33-3)21(31)18(9-10-20(29)30)26-15-27(25(2)14-19(26)28)22(32)23-13-16-5-7-17(34-4)8-6-16/h5-8,18H,9-15H2,1-4H3,(H,23,32)(H,29,30). The molecule has 1 saturated heterocycles. The molecule has 1 aromatic carbocycles. The van der Waals surface area contributed by atoms with Crippen molar-refractivity contribution in [1.82, 2.24) is 25.1 Å². The van der Waals surface area contributed by atoms with Gasteiger partial charge >= 0.3 is 12.0 Å². The van der Waals surface area contributed by atoms with Crippen molar-refractivity contribution in [2.75, 3.05) is 54.7 Å². The molecule has 1 aliphatic rings. The summed E-state index contributed by atoms with van der Waals surface area (Å²) in [5.41, 5.74) is 0.857. The molecule has 1 heterocycles. The largest absolute Gasteiger partial charge is 0.497 e. The van der Waals surface area contributed by atoms with Gasteiger partial charge in [0, 0.05) is 40.7 Å². The van der Waals surface area contributed by atoms with Crippen LogP contribution in [0.1, 0.15) is 18.4 Å². The number of carboxylic acid groups (broad SMARTS) is 1. The quantitative estimate of drug-likeness (QED) is 0.460. The maximum Gasteiger partial charge on any atom is 0.333 e. The molecule has 12 nitrogen and oxygen atoms in total. The van der Waals surface area contributed by atoms with E-state index in [-0.39, 0.29) is 45.1 Å². The van der Waals surface area contributed by atoms with E-state index in [2.05, 4.69) is 5.32 Å². The summed E-state index contributed by atoms with van der Waals surface area (Å²) in [6.07, 6.45) is -0.361. The summed E-state index contributed by atoms with van der Waals surface area (Å²) in [7, 11) is 6.24. The molecule has 1 fully saturated rings. The summed E-state index contributed by atoms with van der Waals surface area (Å²) in [5, 5.41) is 14.7. The lowest BCUT2D eigenvalue weighted by Gasteiger charge is -2.44. The van der Waals surface area contributed by atoms with Crippen LogP contribution in [0.3, 0.4) is 0 Å². The molecule has 0 bridgehead atoms. The van der Waals surface area contributed by atoms with Crippen molar-refractivity contribution in [2.45, 2.75) is 25.4 Å². The van der Waals surface area contributed by atoms with Crippen molar-refractivity contribution in [3.05, 3.63) is 29.8 Å². The van der Waals surface area contributed by atoms with Gasteiger partial charge in [0.15, 0.2) is 0 Å². The summed E-state index contributed by atoms with van der Waals surface area (Å²) in [6.45, 7) is 0.520. The lowest BCUT2D eigenvalue weighted by molar-refractivity contribution is -0.162. The van der Waals surface area contributed by atoms with Gasteiger partial charge in [-0.05, 0) is 24.1 Å². The minimum atomic E-state index is -1.08. The lowest BCUT2D eigenvalue weighted by Crippen LogP contribution is -2.65. The zero-order valence-electron chi connectivity index (χ0n) is 20.0. The van der Waals surface area contributed by atoms with E-state index in [4.69, 9.17) is 14.6 Å². The zero-order valence-corrected chi connectivity index (χ0v) is 20.0. The maximum atomic E-state index is 13.1. The first-order chi connectivity index (χ1) is 16.2. The SMILES string of the molecule is COCCN(C)C(=O)C(CCC(=O)O)N1CN(C(=O)NCc2ccc(OC)cc2)N(C)CC1=O. The first kappa shape index (κ1) is 26.9. The Bertz CT molecular complexity index is 864. The van der Waals surface area contributed by atoms with Crippen molar-refractivity contribution in [2.24, 2.45) is 0 Å². The highest BCUT2D eigenvalue weighted by molar-refractivity contribution is 5.89. The molecule has 2 rings (SSSR count). The predicted molar refractivity (Wildman–Crippen MR) is 122 cm³/mol. The molecule has 0 spiro atoms. The Hall–Kier alpha value is -3.38. The van der Waals surface area contributed by atoms with Crippen LogP contribution in [0, 0.1) is 0 Å². The molecular weight excluding hydrogens is 446 g/mol. The Balaban J connectivity index is 2.13. The fourth-order valence-corrected chi connectivity index (χ4v) is 3.47. The third kappa shape index (κ3) is 7.32. The van der Waals surface area contributed by atoms with Gasteiger partial charge in [-0.25, -0.2) is 14.8 Å². The molecule has 4 amide bonds. The van der Waals surface area contributed by atoms with E-state index < -0.39 is 23.9 Å². The van der Waals surface area contributed by atoms with Crippen molar-refractivity contribution in [3.8, 4) is 5.75 Å². The average molecular weight is 480 g/mol. The first-order valence-electron chi connectivity index (χ1n) is 10.8. The van der Waals surface area contributed by atoms with Crippen molar-refractivity contribution < 1.29 is 33.8 Å². The number of ether oxygens (including phenoxy) is 2. The fraction of sp³-hybridized carbons (Fsp3) is 0.545. The van der Waals surface area contributed by atoms with Gasteiger partial charge in [0.05, 0.1) is 20.3 Å². The van der Waals surface area contributed by atoms with Crippen molar-refractivity contribution >= 4 is 23.8 Å². The second kappa shape index (κ2) is 12.8. The van der Waals surface area contributed by atoms with Gasteiger partial charge in [-0.15, -0.1) is 0 Å². The molecule has 0 radical (unpaired) electrons. The number of amides is 4. The highest BCUT2D eigenvalue weighted by Crippen LogP contribution is 2.18. The number of rotatable bonds is 11. The van der Waals surface area contributed by atoms with Gasteiger partial charge < -0.3 is 29.7 Å². The Kier molecular flexibility index (Phi) is 10.1. The number of hydrazine groups is 1. The normalized spacial score (nSPS) is 15.1. The van der Waals surface area contributed by atoms with Crippen LogP contribution in [0.4, 0.5) is 4.79 Å². The monoisotopic (exact) mass is 479 g/mol. The summed E-state index contributed by atoms with van der Waals surface area (Å²) in [6, 6.07) is 5.75. The zero-order chi connectivity index (χ0) is 25.3. The third-order valence-electron chi connectivity index (χ3n) is 5.52. The molecule has 188 valence electrons. The van der Waals surface area contributed by atoms with E-state index in [0.29, 0.717) is 12.4 Å². The van der Waals surface area contributed by atoms with Crippen LogP contribution < -0.4 is 10.1 Å². The minimum Gasteiger partial charge on any atom is -0.497 e. The summed E-state index contributed by atoms with van der Waals surface area (Å²) in [5.74, 6) is -1.15. The smallest absolute Gasteiger partial charge is 0.333 e. The molecule has 1 aromatic rings. The maximum absolute atomic E-state index is 13.1. The molecule has 1 atom stereocenters. The molecule has 0 aromatic heterocycles. The van der Waals surface area contributed by atoms with Crippen LogP contribution >= 0.6 is 0 Å². The number of hydrogen-bond acceptors (Lipinski definition) is 7. The predicted octanol–water partition coefficient (Wildman–Crippen LogP) is 0.192. The van der Waals surface area contributed by atoms with Gasteiger partial charge in [-0.3, -0.25) is 14.4 Å². The first-order valence-corrected chi connectivity index (χ1v) is 10.8. The molecule has 0 saturated carbocycles. The van der Waals surface area contributed by atoms with E-state index in [1.807, 2.05) is 12.1 Å². The topological polar surface area (TPSA) is 132 Å². The minimum absolute atomic E-state index is 0.0672. The number of carbonyl (C=O) groups excluding carboxylic acids is 3. The number of likely N-dealkylation sites (N-methyl/N-ethyl adjacent to an activating group) is 2. The fourth-order valence-electron chi connectivity index (χ4n) is 3.47. The summed E-state index contributed by atoms with van der Waals surface area (Å²) < 4.78 is 10.1. The molecule has 0 aliphatic carbocycles. The number of benzene rings is 1. The van der Waals surface area contributed by atoms with E-state index in [1.165, 1.54) is 26.9 Å². The van der Waals surface area contributed by atoms with E-state index >= 15 is 0 Å². The van der Waals surface area contributed by atoms with Gasteiger partial charge in [0.2, 0.25) is 11.8 Å². The van der Waals surface area contributed by atoms with Crippen LogP contribution in [0.15, 0.2) is 24.3 Å². The Morgan fingerprint density at radius 1 is 1.21 bits per heavy atom. The summed E-state index contributed by atoms with van der Waals surface area (Å²) in [4.78, 5) is 52.6. The van der Waals surface area contributed by atoms with E-state index in [1.54, 1.807) is 33.3 Å².